The van der Waals surface area contributed by atoms with Gasteiger partial charge < -0.3 is 4.57 Å². The van der Waals surface area contributed by atoms with Gasteiger partial charge in [-0.2, -0.15) is 0 Å². The molecule has 44 heavy (non-hydrogen) atoms. The summed E-state index contributed by atoms with van der Waals surface area (Å²) in [6.45, 7) is 0. The maximum Gasteiger partial charge on any atom is 0.164 e. The standard InChI is InChI=1S/C39H24N4S/c1-4-13-26(14-5-1)37-40-38(27-15-6-2-7-16-27)42-39(41-37)28-20-22-32-31(24-28)36-35(43(32)29-17-8-3-9-18-29)34-30-19-11-10-12-25(30)21-23-33(34)44-36/h1-24H. The van der Waals surface area contributed by atoms with Crippen LogP contribution < -0.4 is 0 Å². The quantitative estimate of drug-likeness (QED) is 0.208. The summed E-state index contributed by atoms with van der Waals surface area (Å²) >= 11 is 1.85. The second-order valence-corrected chi connectivity index (χ2v) is 11.9. The molecule has 0 aliphatic heterocycles. The van der Waals surface area contributed by atoms with Crippen molar-refractivity contribution in [3.63, 3.8) is 0 Å². The summed E-state index contributed by atoms with van der Waals surface area (Å²) in [6, 6.07) is 50.7. The molecule has 0 aliphatic rings. The summed E-state index contributed by atoms with van der Waals surface area (Å²) in [4.78, 5) is 14.9. The molecule has 9 aromatic rings. The van der Waals surface area contributed by atoms with Crippen LogP contribution >= 0.6 is 11.3 Å². The lowest BCUT2D eigenvalue weighted by Gasteiger charge is -2.10. The number of aromatic nitrogens is 4. The van der Waals surface area contributed by atoms with Crippen molar-refractivity contribution in [1.82, 2.24) is 19.5 Å². The highest BCUT2D eigenvalue weighted by Gasteiger charge is 2.21. The zero-order chi connectivity index (χ0) is 29.0. The Morgan fingerprint density at radius 3 is 1.75 bits per heavy atom. The lowest BCUT2D eigenvalue weighted by atomic mass is 10.1. The number of nitrogens with zero attached hydrogens (tertiary/aromatic N) is 4. The highest BCUT2D eigenvalue weighted by molar-refractivity contribution is 7.27. The van der Waals surface area contributed by atoms with Gasteiger partial charge in [-0.1, -0.05) is 109 Å². The Balaban J connectivity index is 1.34. The molecule has 206 valence electrons. The number of hydrogen-bond acceptors (Lipinski definition) is 4. The van der Waals surface area contributed by atoms with Crippen LogP contribution in [0.2, 0.25) is 0 Å². The number of thiophene rings is 1. The van der Waals surface area contributed by atoms with Gasteiger partial charge in [-0.25, -0.2) is 15.0 Å². The van der Waals surface area contributed by atoms with Crippen LogP contribution in [0.1, 0.15) is 0 Å². The highest BCUT2D eigenvalue weighted by atomic mass is 32.1. The zero-order valence-corrected chi connectivity index (χ0v) is 24.4. The van der Waals surface area contributed by atoms with Crippen molar-refractivity contribution in [1.29, 1.82) is 0 Å². The van der Waals surface area contributed by atoms with Crippen LogP contribution in [0.15, 0.2) is 146 Å². The van der Waals surface area contributed by atoms with Crippen LogP contribution in [0, 0.1) is 0 Å². The lowest BCUT2D eigenvalue weighted by molar-refractivity contribution is 1.07. The fourth-order valence-electron chi connectivity index (χ4n) is 6.20. The van der Waals surface area contributed by atoms with E-state index in [1.165, 1.54) is 36.5 Å². The van der Waals surface area contributed by atoms with Gasteiger partial charge in [0.1, 0.15) is 0 Å². The Hall–Kier alpha value is -5.65. The molecule has 0 aliphatic carbocycles. The van der Waals surface area contributed by atoms with Gasteiger partial charge in [-0.15, -0.1) is 11.3 Å². The summed E-state index contributed by atoms with van der Waals surface area (Å²) in [5.41, 5.74) is 6.43. The van der Waals surface area contributed by atoms with Gasteiger partial charge in [0.05, 0.1) is 15.7 Å². The SMILES string of the molecule is c1ccc(-c2nc(-c3ccccc3)nc(-c3ccc4c(c3)c3sc5ccc6ccccc6c5c3n4-c3ccccc3)n2)cc1. The molecular formula is C39H24N4S. The number of para-hydroxylation sites is 1. The molecule has 0 fully saturated rings. The van der Waals surface area contributed by atoms with Crippen molar-refractivity contribution < 1.29 is 0 Å². The Morgan fingerprint density at radius 1 is 0.477 bits per heavy atom. The van der Waals surface area contributed by atoms with Crippen LogP contribution in [0.3, 0.4) is 0 Å². The third-order valence-corrected chi connectivity index (χ3v) is 9.41. The van der Waals surface area contributed by atoms with E-state index in [4.69, 9.17) is 15.0 Å². The maximum atomic E-state index is 5.01. The first-order valence-electron chi connectivity index (χ1n) is 14.6. The molecule has 0 bridgehead atoms. The molecule has 0 atom stereocenters. The van der Waals surface area contributed by atoms with Crippen molar-refractivity contribution in [2.24, 2.45) is 0 Å². The minimum Gasteiger partial charge on any atom is -0.308 e. The third kappa shape index (κ3) is 3.94. The van der Waals surface area contributed by atoms with Crippen LogP contribution in [-0.4, -0.2) is 19.5 Å². The average Bonchev–Trinajstić information content (AvgIpc) is 3.64. The fourth-order valence-corrected chi connectivity index (χ4v) is 7.43. The fraction of sp³-hybridized carbons (Fsp3) is 0. The van der Waals surface area contributed by atoms with Crippen molar-refractivity contribution in [3.8, 4) is 39.9 Å². The van der Waals surface area contributed by atoms with E-state index in [-0.39, 0.29) is 0 Å². The van der Waals surface area contributed by atoms with Crippen LogP contribution in [0.5, 0.6) is 0 Å². The number of rotatable bonds is 4. The van der Waals surface area contributed by atoms with Crippen molar-refractivity contribution in [2.75, 3.05) is 0 Å². The van der Waals surface area contributed by atoms with Crippen LogP contribution in [-0.2, 0) is 0 Å². The van der Waals surface area contributed by atoms with E-state index in [0.29, 0.717) is 17.5 Å². The smallest absolute Gasteiger partial charge is 0.164 e. The molecule has 9 rings (SSSR count). The van der Waals surface area contributed by atoms with Crippen molar-refractivity contribution in [2.45, 2.75) is 0 Å². The second-order valence-electron chi connectivity index (χ2n) is 10.9. The minimum absolute atomic E-state index is 0.659. The van der Waals surface area contributed by atoms with Crippen LogP contribution in [0.25, 0.3) is 81.8 Å². The van der Waals surface area contributed by atoms with Gasteiger partial charge in [0.2, 0.25) is 0 Å². The summed E-state index contributed by atoms with van der Waals surface area (Å²) in [7, 11) is 0. The maximum absolute atomic E-state index is 5.01. The van der Waals surface area contributed by atoms with Gasteiger partial charge in [-0.3, -0.25) is 0 Å². The average molecular weight is 581 g/mol. The molecule has 6 aromatic carbocycles. The Bertz CT molecular complexity index is 2420. The van der Waals surface area contributed by atoms with Gasteiger partial charge in [0.25, 0.3) is 0 Å². The summed E-state index contributed by atoms with van der Waals surface area (Å²) in [6.07, 6.45) is 0. The molecule has 3 aromatic heterocycles. The monoisotopic (exact) mass is 580 g/mol. The molecule has 0 spiro atoms. The highest BCUT2D eigenvalue weighted by Crippen LogP contribution is 2.45. The molecule has 0 saturated heterocycles. The second kappa shape index (κ2) is 9.97. The Morgan fingerprint density at radius 2 is 1.07 bits per heavy atom. The van der Waals surface area contributed by atoms with E-state index < -0.39 is 0 Å². The summed E-state index contributed by atoms with van der Waals surface area (Å²) in [5.74, 6) is 1.98. The van der Waals surface area contributed by atoms with Gasteiger partial charge >= 0.3 is 0 Å². The number of benzene rings is 6. The van der Waals surface area contributed by atoms with E-state index in [0.717, 1.165) is 27.9 Å². The first-order valence-corrected chi connectivity index (χ1v) is 15.4. The molecule has 0 N–H and O–H groups in total. The van der Waals surface area contributed by atoms with E-state index in [1.807, 2.05) is 72.0 Å². The zero-order valence-electron chi connectivity index (χ0n) is 23.6. The number of hydrogen-bond donors (Lipinski definition) is 0. The summed E-state index contributed by atoms with van der Waals surface area (Å²) in [5, 5.41) is 5.00. The third-order valence-electron chi connectivity index (χ3n) is 8.23. The largest absolute Gasteiger partial charge is 0.308 e. The molecule has 0 radical (unpaired) electrons. The van der Waals surface area contributed by atoms with Gasteiger partial charge in [-0.05, 0) is 47.2 Å². The van der Waals surface area contributed by atoms with Crippen molar-refractivity contribution >= 4 is 53.3 Å². The molecule has 0 unspecified atom stereocenters. The molecule has 5 heteroatoms. The predicted molar refractivity (Wildman–Crippen MR) is 183 cm³/mol. The summed E-state index contributed by atoms with van der Waals surface area (Å²) < 4.78 is 4.96. The van der Waals surface area contributed by atoms with Gasteiger partial charge in [0, 0.05) is 37.9 Å². The first-order chi connectivity index (χ1) is 21.8. The van der Waals surface area contributed by atoms with E-state index >= 15 is 0 Å². The van der Waals surface area contributed by atoms with E-state index in [9.17, 15) is 0 Å². The number of fused-ring (bicyclic) bond motifs is 7. The topological polar surface area (TPSA) is 43.6 Å². The molecule has 0 saturated carbocycles. The van der Waals surface area contributed by atoms with Crippen LogP contribution in [0.4, 0.5) is 0 Å². The molecule has 0 amide bonds. The normalized spacial score (nSPS) is 11.6. The Kier molecular flexibility index (Phi) is 5.64. The van der Waals surface area contributed by atoms with Crippen molar-refractivity contribution in [3.05, 3.63) is 146 Å². The molecular weight excluding hydrogens is 557 g/mol. The molecule has 3 heterocycles. The first kappa shape index (κ1) is 24.9. The lowest BCUT2D eigenvalue weighted by Crippen LogP contribution is -2.00. The predicted octanol–water partition coefficient (Wildman–Crippen LogP) is 10.3. The minimum atomic E-state index is 0.659. The molecule has 4 nitrogen and oxygen atoms in total. The van der Waals surface area contributed by atoms with Gasteiger partial charge in [0.15, 0.2) is 17.5 Å². The van der Waals surface area contributed by atoms with E-state index in [1.54, 1.807) is 0 Å². The Labute approximate surface area is 257 Å². The van der Waals surface area contributed by atoms with E-state index in [2.05, 4.69) is 89.5 Å².